The molecule has 0 unspecified atom stereocenters. The number of aromatic nitrogens is 2. The van der Waals surface area contributed by atoms with Crippen LogP contribution in [-0.2, 0) is 13.2 Å². The molecule has 0 aliphatic rings. The lowest BCUT2D eigenvalue weighted by Crippen LogP contribution is -2.10. The molecule has 5 nitrogen and oxygen atoms in total. The number of hydrogen-bond donors (Lipinski definition) is 1. The molecular weight excluding hydrogens is 286 g/mol. The Bertz CT molecular complexity index is 625. The van der Waals surface area contributed by atoms with Gasteiger partial charge in [-0.05, 0) is 32.0 Å². The predicted molar refractivity (Wildman–Crippen MR) is 85.7 cm³/mol. The molecule has 2 rings (SSSR count). The molecule has 1 aromatic carbocycles. The summed E-state index contributed by atoms with van der Waals surface area (Å²) in [5.74, 6) is 1.31. The van der Waals surface area contributed by atoms with Crippen LogP contribution in [0.3, 0.4) is 0 Å². The molecule has 0 fully saturated rings. The van der Waals surface area contributed by atoms with E-state index in [1.165, 1.54) is 0 Å². The third kappa shape index (κ3) is 3.95. The monoisotopic (exact) mass is 305 g/mol. The molecule has 0 bridgehead atoms. The summed E-state index contributed by atoms with van der Waals surface area (Å²) in [6.07, 6.45) is 3.76. The number of nitrogens with two attached hydrogens (primary N) is 1. The van der Waals surface area contributed by atoms with E-state index in [9.17, 15) is 0 Å². The number of thiocarbonyl (C=S) groups is 1. The van der Waals surface area contributed by atoms with Crippen molar-refractivity contribution in [2.45, 2.75) is 27.0 Å². The van der Waals surface area contributed by atoms with Crippen molar-refractivity contribution in [3.8, 4) is 11.5 Å². The maximum atomic E-state index is 5.81. The Morgan fingerprint density at radius 1 is 1.29 bits per heavy atom. The second kappa shape index (κ2) is 7.08. The fraction of sp³-hybridized carbons (Fsp3) is 0.333. The van der Waals surface area contributed by atoms with Crippen molar-refractivity contribution in [1.82, 2.24) is 9.78 Å². The van der Waals surface area contributed by atoms with E-state index >= 15 is 0 Å². The second-order valence-corrected chi connectivity index (χ2v) is 4.89. The van der Waals surface area contributed by atoms with Crippen LogP contribution in [0.1, 0.15) is 25.0 Å². The highest BCUT2D eigenvalue weighted by Crippen LogP contribution is 2.29. The van der Waals surface area contributed by atoms with Crippen LogP contribution in [0.2, 0.25) is 0 Å². The highest BCUT2D eigenvalue weighted by Gasteiger charge is 2.09. The number of nitrogens with zero attached hydrogens (tertiary/aromatic N) is 2. The fourth-order valence-corrected chi connectivity index (χ4v) is 1.99. The Kier molecular flexibility index (Phi) is 5.16. The van der Waals surface area contributed by atoms with E-state index in [0.29, 0.717) is 29.7 Å². The largest absolute Gasteiger partial charge is 0.490 e. The molecule has 21 heavy (non-hydrogen) atoms. The summed E-state index contributed by atoms with van der Waals surface area (Å²) in [5.41, 5.74) is 7.41. The van der Waals surface area contributed by atoms with Crippen molar-refractivity contribution in [3.63, 3.8) is 0 Å². The zero-order valence-electron chi connectivity index (χ0n) is 12.2. The minimum Gasteiger partial charge on any atom is -0.490 e. The Balaban J connectivity index is 2.12. The standard InChI is InChI=1S/C15H19N3O2S/c1-3-18-9-11(8-17-18)10-20-13-6-5-12(15(16)21)7-14(13)19-4-2/h5-9H,3-4,10H2,1-2H3,(H2,16,21). The average Bonchev–Trinajstić information content (AvgIpc) is 2.94. The topological polar surface area (TPSA) is 62.3 Å². The lowest BCUT2D eigenvalue weighted by molar-refractivity contribution is 0.269. The van der Waals surface area contributed by atoms with Gasteiger partial charge in [-0.2, -0.15) is 5.10 Å². The van der Waals surface area contributed by atoms with E-state index in [1.807, 2.05) is 36.9 Å². The molecule has 0 aliphatic carbocycles. The predicted octanol–water partition coefficient (Wildman–Crippen LogP) is 2.51. The van der Waals surface area contributed by atoms with Gasteiger partial charge in [0.15, 0.2) is 11.5 Å². The smallest absolute Gasteiger partial charge is 0.161 e. The number of benzene rings is 1. The molecule has 1 aromatic heterocycles. The van der Waals surface area contributed by atoms with Crippen molar-refractivity contribution in [2.75, 3.05) is 6.61 Å². The molecule has 0 saturated carbocycles. The number of rotatable bonds is 7. The van der Waals surface area contributed by atoms with E-state index in [1.54, 1.807) is 12.3 Å². The van der Waals surface area contributed by atoms with Gasteiger partial charge in [0.2, 0.25) is 0 Å². The van der Waals surface area contributed by atoms with Crippen molar-refractivity contribution < 1.29 is 9.47 Å². The lowest BCUT2D eigenvalue weighted by Gasteiger charge is -2.12. The van der Waals surface area contributed by atoms with E-state index in [-0.39, 0.29) is 0 Å². The van der Waals surface area contributed by atoms with Gasteiger partial charge in [0.1, 0.15) is 11.6 Å². The van der Waals surface area contributed by atoms with Crippen LogP contribution in [0.5, 0.6) is 11.5 Å². The van der Waals surface area contributed by atoms with Gasteiger partial charge in [0.05, 0.1) is 12.8 Å². The Morgan fingerprint density at radius 3 is 2.71 bits per heavy atom. The average molecular weight is 305 g/mol. The van der Waals surface area contributed by atoms with Gasteiger partial charge in [0, 0.05) is 23.9 Å². The molecule has 112 valence electrons. The van der Waals surface area contributed by atoms with Crippen LogP contribution >= 0.6 is 12.2 Å². The van der Waals surface area contributed by atoms with Gasteiger partial charge < -0.3 is 15.2 Å². The van der Waals surface area contributed by atoms with Crippen molar-refractivity contribution >= 4 is 17.2 Å². The van der Waals surface area contributed by atoms with E-state index in [4.69, 9.17) is 27.4 Å². The summed E-state index contributed by atoms with van der Waals surface area (Å²) in [5, 5.41) is 4.21. The number of aryl methyl sites for hydroxylation is 1. The van der Waals surface area contributed by atoms with Gasteiger partial charge >= 0.3 is 0 Å². The number of ether oxygens (including phenoxy) is 2. The van der Waals surface area contributed by atoms with E-state index in [0.717, 1.165) is 17.7 Å². The molecule has 0 amide bonds. The molecule has 0 saturated heterocycles. The van der Waals surface area contributed by atoms with E-state index < -0.39 is 0 Å². The maximum absolute atomic E-state index is 5.81. The molecule has 2 N–H and O–H groups in total. The van der Waals surface area contributed by atoms with Gasteiger partial charge in [-0.15, -0.1) is 0 Å². The first-order valence-corrected chi connectivity index (χ1v) is 7.25. The molecule has 0 atom stereocenters. The molecule has 0 radical (unpaired) electrons. The fourth-order valence-electron chi connectivity index (χ4n) is 1.86. The summed E-state index contributed by atoms with van der Waals surface area (Å²) < 4.78 is 13.2. The Labute approximate surface area is 129 Å². The minimum atomic E-state index is 0.340. The molecular formula is C15H19N3O2S. The van der Waals surface area contributed by atoms with Crippen LogP contribution in [0.25, 0.3) is 0 Å². The quantitative estimate of drug-likeness (QED) is 0.796. The molecule has 1 heterocycles. The van der Waals surface area contributed by atoms with Gasteiger partial charge in [-0.3, -0.25) is 4.68 Å². The van der Waals surface area contributed by atoms with Crippen LogP contribution in [0.4, 0.5) is 0 Å². The van der Waals surface area contributed by atoms with Crippen LogP contribution in [-0.4, -0.2) is 21.4 Å². The van der Waals surface area contributed by atoms with Crippen LogP contribution < -0.4 is 15.2 Å². The third-order valence-corrected chi connectivity index (χ3v) is 3.17. The normalized spacial score (nSPS) is 10.4. The second-order valence-electron chi connectivity index (χ2n) is 4.45. The van der Waals surface area contributed by atoms with Gasteiger partial charge in [-0.25, -0.2) is 0 Å². The van der Waals surface area contributed by atoms with Gasteiger partial charge in [0.25, 0.3) is 0 Å². The SMILES string of the molecule is CCOc1cc(C(N)=S)ccc1OCc1cnn(CC)c1. The first-order valence-electron chi connectivity index (χ1n) is 6.84. The summed E-state index contributed by atoms with van der Waals surface area (Å²) in [7, 11) is 0. The summed E-state index contributed by atoms with van der Waals surface area (Å²) in [6.45, 7) is 5.78. The Morgan fingerprint density at radius 2 is 2.10 bits per heavy atom. The molecule has 6 heteroatoms. The van der Waals surface area contributed by atoms with Crippen LogP contribution in [0.15, 0.2) is 30.6 Å². The Hall–Kier alpha value is -2.08. The van der Waals surface area contributed by atoms with E-state index in [2.05, 4.69) is 5.10 Å². The highest BCUT2D eigenvalue weighted by atomic mass is 32.1. The summed E-state index contributed by atoms with van der Waals surface area (Å²) in [4.78, 5) is 0.340. The maximum Gasteiger partial charge on any atom is 0.161 e. The van der Waals surface area contributed by atoms with Crippen molar-refractivity contribution in [3.05, 3.63) is 41.7 Å². The van der Waals surface area contributed by atoms with Crippen molar-refractivity contribution in [2.24, 2.45) is 5.73 Å². The molecule has 2 aromatic rings. The zero-order chi connectivity index (χ0) is 15.2. The first-order chi connectivity index (χ1) is 10.1. The zero-order valence-corrected chi connectivity index (χ0v) is 13.0. The third-order valence-electron chi connectivity index (χ3n) is 2.93. The highest BCUT2D eigenvalue weighted by molar-refractivity contribution is 7.80. The number of hydrogen-bond acceptors (Lipinski definition) is 4. The molecule has 0 spiro atoms. The molecule has 0 aliphatic heterocycles. The van der Waals surface area contributed by atoms with Crippen molar-refractivity contribution in [1.29, 1.82) is 0 Å². The summed E-state index contributed by atoms with van der Waals surface area (Å²) in [6, 6.07) is 5.45. The minimum absolute atomic E-state index is 0.340. The van der Waals surface area contributed by atoms with Crippen LogP contribution in [0, 0.1) is 0 Å². The van der Waals surface area contributed by atoms with Gasteiger partial charge in [-0.1, -0.05) is 12.2 Å². The lowest BCUT2D eigenvalue weighted by atomic mass is 10.2. The first kappa shape index (κ1) is 15.3. The summed E-state index contributed by atoms with van der Waals surface area (Å²) >= 11 is 4.98.